The van der Waals surface area contributed by atoms with Gasteiger partial charge < -0.3 is 58.8 Å². The smallest absolute Gasteiger partial charge is 1.00 e. The fraction of sp³-hybridized carbons (Fsp3) is 0.620. The molecule has 107 heavy (non-hydrogen) atoms. The number of amides is 4. The molecule has 3 heterocycles. The first-order chi connectivity index (χ1) is 48.5. The molecule has 0 bridgehead atoms. The summed E-state index contributed by atoms with van der Waals surface area (Å²) < 4.78 is 112. The zero-order valence-corrected chi connectivity index (χ0v) is 72.6. The molecule has 3 aromatic carbocycles. The van der Waals surface area contributed by atoms with Crippen molar-refractivity contribution in [2.75, 3.05) is 82.0 Å². The third-order valence-corrected chi connectivity index (χ3v) is 25.5. The average Bonchev–Trinajstić information content (AvgIpc) is 1.53. The number of halogens is 7. The molecule has 0 radical (unpaired) electrons. The van der Waals surface area contributed by atoms with Crippen LogP contribution in [0.15, 0.2) is 63.5 Å². The van der Waals surface area contributed by atoms with Crippen molar-refractivity contribution < 1.29 is 101 Å². The summed E-state index contributed by atoms with van der Waals surface area (Å²) in [6.45, 7) is 33.3. The molecule has 0 unspecified atom stereocenters. The number of carbonyl (C=O) groups is 5. The van der Waals surface area contributed by atoms with Crippen LogP contribution in [0.3, 0.4) is 0 Å². The van der Waals surface area contributed by atoms with Gasteiger partial charge in [0.05, 0.1) is 45.1 Å². The van der Waals surface area contributed by atoms with E-state index in [1.165, 1.54) is 75.6 Å². The van der Waals surface area contributed by atoms with E-state index < -0.39 is 123 Å². The third kappa shape index (κ3) is 23.1. The van der Waals surface area contributed by atoms with Crippen LogP contribution in [0.25, 0.3) is 0 Å². The minimum absolute atomic E-state index is 0. The molecule has 0 saturated heterocycles. The van der Waals surface area contributed by atoms with Gasteiger partial charge in [-0.3, -0.25) is 39.0 Å². The number of anilines is 1. The molecule has 3 aliphatic heterocycles. The van der Waals surface area contributed by atoms with Crippen LogP contribution in [0.4, 0.5) is 41.6 Å². The molecule has 596 valence electrons. The summed E-state index contributed by atoms with van der Waals surface area (Å²) in [6.07, 6.45) is 1.69. The number of hydrogen-bond donors (Lipinski definition) is 3. The van der Waals surface area contributed by atoms with Crippen LogP contribution < -0.4 is 29.4 Å². The van der Waals surface area contributed by atoms with Gasteiger partial charge in [0, 0.05) is 90.6 Å². The molecular weight excluding hydrogens is 1530 g/mol. The van der Waals surface area contributed by atoms with Crippen molar-refractivity contribution in [1.29, 1.82) is 0 Å². The quantitative estimate of drug-likeness (QED) is 0.0116. The number of nitrogens with zero attached hydrogens (tertiary/aromatic N) is 7. The molecule has 6 aliphatic rings. The molecule has 36 heteroatoms. The van der Waals surface area contributed by atoms with E-state index in [0.717, 1.165) is 75.7 Å². The molecular formula is C71H107ClF6MgN10O13S3Si2. The van der Waals surface area contributed by atoms with E-state index in [1.807, 2.05) is 20.3 Å². The van der Waals surface area contributed by atoms with Crippen molar-refractivity contribution in [2.24, 2.45) is 38.5 Å². The van der Waals surface area contributed by atoms with E-state index >= 15 is 8.78 Å². The van der Waals surface area contributed by atoms with Crippen LogP contribution in [0.5, 0.6) is 0 Å². The summed E-state index contributed by atoms with van der Waals surface area (Å²) in [4.78, 5) is 96.5. The zero-order chi connectivity index (χ0) is 79.8. The Kier molecular flexibility index (Phi) is 34.3. The first-order valence-electron chi connectivity index (χ1n) is 34.1. The van der Waals surface area contributed by atoms with E-state index in [1.54, 1.807) is 76.5 Å². The Morgan fingerprint density at radius 2 is 0.935 bits per heavy atom. The largest absolute Gasteiger partial charge is 2.00 e. The number of fused-ring (bicyclic) bond motifs is 3. The molecule has 3 aliphatic carbocycles. The van der Waals surface area contributed by atoms with Crippen LogP contribution in [-0.2, 0) is 69.2 Å². The van der Waals surface area contributed by atoms with Crippen LogP contribution in [-0.4, -0.2) is 206 Å². The van der Waals surface area contributed by atoms with E-state index in [2.05, 4.69) is 54.6 Å². The second-order valence-electron chi connectivity index (χ2n) is 31.0. The average molecular weight is 1630 g/mol. The van der Waals surface area contributed by atoms with Crippen LogP contribution in [0.2, 0.25) is 51.4 Å². The van der Waals surface area contributed by atoms with Crippen molar-refractivity contribution in [3.8, 4) is 0 Å². The summed E-state index contributed by atoms with van der Waals surface area (Å²) >= 11 is 3.33. The maximum Gasteiger partial charge on any atom is 2.00 e. The number of nitrogens with one attached hydrogen (secondary N) is 1. The predicted octanol–water partition coefficient (Wildman–Crippen LogP) is 10.6. The number of benzene rings is 3. The van der Waals surface area contributed by atoms with E-state index in [-0.39, 0.29) is 105 Å². The fourth-order valence-electron chi connectivity index (χ4n) is 12.0. The molecule has 23 nitrogen and oxygen atoms in total. The van der Waals surface area contributed by atoms with Gasteiger partial charge in [-0.25, -0.2) is 61.3 Å². The maximum atomic E-state index is 15.1. The van der Waals surface area contributed by atoms with Crippen molar-refractivity contribution in [1.82, 2.24) is 25.4 Å². The third-order valence-electron chi connectivity index (χ3n) is 17.9. The Labute approximate surface area is 663 Å². The molecule has 9 atom stereocenters. The minimum Gasteiger partial charge on any atom is -1.00 e. The van der Waals surface area contributed by atoms with E-state index in [0.29, 0.717) is 32.5 Å². The second kappa shape index (κ2) is 38.1. The Hall–Kier alpha value is -4.90. The number of methoxy groups -OCH3 is 1. The van der Waals surface area contributed by atoms with E-state index in [9.17, 15) is 41.5 Å². The van der Waals surface area contributed by atoms with Crippen LogP contribution in [0.1, 0.15) is 112 Å². The number of nitrogen functional groups attached to an aromatic ring is 1. The predicted molar refractivity (Wildman–Crippen MR) is 410 cm³/mol. The summed E-state index contributed by atoms with van der Waals surface area (Å²) in [5.74, 6) is -8.55. The minimum atomic E-state index is -1.40. The molecule has 0 spiro atoms. The van der Waals surface area contributed by atoms with E-state index in [4.69, 9.17) is 54.8 Å². The van der Waals surface area contributed by atoms with Gasteiger partial charge in [-0.05, 0) is 118 Å². The molecule has 3 aromatic rings. The summed E-state index contributed by atoms with van der Waals surface area (Å²) in [7, 11) is 7.51. The van der Waals surface area contributed by atoms with Gasteiger partial charge >= 0.3 is 41.2 Å². The van der Waals surface area contributed by atoms with Gasteiger partial charge in [0.1, 0.15) is 38.9 Å². The number of nitrogens with two attached hydrogens (primary N) is 2. The number of carbonyl (C=O) groups excluding carboxylic acids is 5. The Balaban J connectivity index is 0.000000402. The Morgan fingerprint density at radius 3 is 1.29 bits per heavy atom. The van der Waals surface area contributed by atoms with Crippen molar-refractivity contribution in [2.45, 2.75) is 189 Å². The number of esters is 1. The maximum absolute atomic E-state index is 15.1. The number of rotatable bonds is 19. The molecule has 5 N–H and O–H groups in total. The summed E-state index contributed by atoms with van der Waals surface area (Å²) in [5.41, 5.74) is 8.68. The monoisotopic (exact) mass is 1630 g/mol. The molecule has 4 amide bonds. The number of hydroxylamine groups is 5. The van der Waals surface area contributed by atoms with Crippen LogP contribution in [0, 0.1) is 59.1 Å². The summed E-state index contributed by atoms with van der Waals surface area (Å²) in [5, 5.41) is 2.65. The SMILES string of the molecule is CNOC.COC(=O)[C@]12C[C@H]1[C@@](C)(c1cccc(F)c1F)N=C(N(COCC[Si](C)(C)C)C(=O)OC(C)(C)C)S2.CON(C)C(=O)[C@]12C[C@H]1[C@@](C)(c1cc(N)cc(F)c1F)N=C(N)S2.CON(C)C(=O)[C@]12C[C@H]1[C@@](C)(c1cccc(F)c1F)N=C(N(COCC[Si](C)(C)C)C(=O)OC(C)(C)C)S2.C[CH-]C.[Cl-].[Mg+2]. The normalized spacial score (nSPS) is 24.8. The summed E-state index contributed by atoms with van der Waals surface area (Å²) in [6, 6.07) is 11.8. The van der Waals surface area contributed by atoms with Gasteiger partial charge in [0.15, 0.2) is 50.4 Å². The Bertz CT molecular complexity index is 3740. The number of aliphatic imine (C=N–C) groups is 3. The Morgan fingerprint density at radius 1 is 0.589 bits per heavy atom. The second-order valence-corrected chi connectivity index (χ2v) is 46.1. The first-order valence-corrected chi connectivity index (χ1v) is 43.9. The zero-order valence-electron chi connectivity index (χ0n) is 66.0. The van der Waals surface area contributed by atoms with Crippen LogP contribution >= 0.6 is 35.3 Å². The van der Waals surface area contributed by atoms with Crippen molar-refractivity contribution in [3.63, 3.8) is 0 Å². The molecule has 9 rings (SSSR count). The van der Waals surface area contributed by atoms with Gasteiger partial charge in [-0.15, -0.1) is 0 Å². The van der Waals surface area contributed by atoms with Crippen molar-refractivity contribution in [3.05, 3.63) is 107 Å². The number of hydrogen-bond acceptors (Lipinski definition) is 22. The van der Waals surface area contributed by atoms with Gasteiger partial charge in [-0.2, -0.15) is 13.8 Å². The fourth-order valence-corrected chi connectivity index (χ4v) is 18.2. The number of thioether (sulfide) groups is 3. The number of ether oxygens (including phenoxy) is 5. The topological polar surface area (TPSA) is 273 Å². The van der Waals surface area contributed by atoms with Crippen molar-refractivity contribution >= 4 is 126 Å². The molecule has 0 aromatic heterocycles. The molecule has 3 saturated carbocycles. The standard InChI is InChI=1S/C26H39F2N3O5SSi.C25H36F2N2O5SSi.C15H18F2N4O2S.C3H7.C2H7NO.ClH.Mg/c1-24(2,3)36-23(33)31(16-35-13-14-38(7,8)9)22-29-25(4,17-11-10-12-18(27)20(17)28)19-15-26(19,37-22)21(32)30(5)34-6;1-23(2,3)34-22(31)29(15-33-12-13-36(6,7)8)21-28-24(4,16-10-9-11-17(26)19(16)27)18-14-25(18,35-21)20(30)32-5;1-14(8-4-7(18)5-9(16)11(8)17)10-6-15(10,24-13(19)20-14)12(22)21(2)23-3;1-3-2;1-3-4-2;;/h10-12,19H,13-16H2,1-9H3;9-11,18H,12-15H2,1-8H3;4-5,10H,6,18H2,1-3H3,(H2,19,20);3H,1-2H3;3H,1-2H3;1H;/q;;;-1;;;+2/p-1/t19-,25+,26-;18-,24+,25-;10-,14+,15-;;;;/m000..../s1. The molecule has 3 fully saturated rings. The van der Waals surface area contributed by atoms with Gasteiger partial charge in [-0.1, -0.05) is 98.8 Å². The van der Waals surface area contributed by atoms with Gasteiger partial charge in [0.25, 0.3) is 11.8 Å². The van der Waals surface area contributed by atoms with Gasteiger partial charge in [0.2, 0.25) is 0 Å². The first kappa shape index (κ1) is 96.3. The number of amidine groups is 3.